The SMILES string of the molecule is FC(F)(F)c1cccc(-n2cccc2CN2CCc3nc(C4CC4)ncc3C2)c1. The largest absolute Gasteiger partial charge is 0.416 e. The van der Waals surface area contributed by atoms with Crippen LogP contribution in [0.4, 0.5) is 13.2 Å². The Kier molecular flexibility index (Phi) is 4.42. The van der Waals surface area contributed by atoms with Crippen LogP contribution in [0.2, 0.25) is 0 Å². The Morgan fingerprint density at radius 1 is 1.10 bits per heavy atom. The summed E-state index contributed by atoms with van der Waals surface area (Å²) in [6.07, 6.45) is 2.68. The Morgan fingerprint density at radius 2 is 1.97 bits per heavy atom. The number of benzene rings is 1. The van der Waals surface area contributed by atoms with E-state index in [2.05, 4.69) is 9.88 Å². The maximum Gasteiger partial charge on any atom is 0.416 e. The van der Waals surface area contributed by atoms with Gasteiger partial charge in [-0.2, -0.15) is 13.2 Å². The molecule has 0 unspecified atom stereocenters. The minimum atomic E-state index is -4.35. The maximum atomic E-state index is 13.1. The Bertz CT molecular complexity index is 1040. The third-order valence-corrected chi connectivity index (χ3v) is 5.64. The maximum absolute atomic E-state index is 13.1. The first kappa shape index (κ1) is 18.4. The highest BCUT2D eigenvalue weighted by molar-refractivity contribution is 5.39. The van der Waals surface area contributed by atoms with Crippen LogP contribution in [-0.4, -0.2) is 26.0 Å². The molecule has 7 heteroatoms. The fourth-order valence-electron chi connectivity index (χ4n) is 3.92. The van der Waals surface area contributed by atoms with Gasteiger partial charge in [0, 0.05) is 67.0 Å². The van der Waals surface area contributed by atoms with E-state index in [1.165, 1.54) is 25.0 Å². The summed E-state index contributed by atoms with van der Waals surface area (Å²) in [4.78, 5) is 11.6. The molecule has 1 saturated carbocycles. The summed E-state index contributed by atoms with van der Waals surface area (Å²) >= 11 is 0. The number of aromatic nitrogens is 3. The van der Waals surface area contributed by atoms with Crippen LogP contribution in [0.3, 0.4) is 0 Å². The van der Waals surface area contributed by atoms with E-state index in [1.54, 1.807) is 6.07 Å². The standard InChI is InChI=1S/C22H21F3N4/c23-22(24,25)17-3-1-4-18(11-17)29-9-2-5-19(29)14-28-10-8-20-16(13-28)12-26-21(27-20)15-6-7-15/h1-5,9,11-12,15H,6-8,10,13-14H2. The minimum absolute atomic E-state index is 0.523. The van der Waals surface area contributed by atoms with Crippen molar-refractivity contribution in [2.45, 2.75) is 44.4 Å². The highest BCUT2D eigenvalue weighted by Gasteiger charge is 2.31. The minimum Gasteiger partial charge on any atom is -0.320 e. The van der Waals surface area contributed by atoms with E-state index < -0.39 is 11.7 Å². The van der Waals surface area contributed by atoms with E-state index in [-0.39, 0.29) is 0 Å². The Morgan fingerprint density at radius 3 is 2.76 bits per heavy atom. The van der Waals surface area contributed by atoms with Crippen LogP contribution < -0.4 is 0 Å². The molecule has 1 fully saturated rings. The Balaban J connectivity index is 1.34. The molecule has 0 bridgehead atoms. The molecule has 29 heavy (non-hydrogen) atoms. The van der Waals surface area contributed by atoms with Gasteiger partial charge in [-0.1, -0.05) is 6.07 Å². The second-order valence-electron chi connectivity index (χ2n) is 7.85. The second-order valence-corrected chi connectivity index (χ2v) is 7.85. The number of hydrogen-bond donors (Lipinski definition) is 0. The molecule has 0 radical (unpaired) electrons. The molecule has 3 heterocycles. The van der Waals surface area contributed by atoms with E-state index in [1.807, 2.05) is 29.1 Å². The smallest absolute Gasteiger partial charge is 0.320 e. The van der Waals surface area contributed by atoms with Crippen molar-refractivity contribution in [3.8, 4) is 5.69 Å². The van der Waals surface area contributed by atoms with Gasteiger partial charge in [0.25, 0.3) is 0 Å². The summed E-state index contributed by atoms with van der Waals surface area (Å²) < 4.78 is 41.1. The number of fused-ring (bicyclic) bond motifs is 1. The van der Waals surface area contributed by atoms with Crippen LogP contribution >= 0.6 is 0 Å². The number of rotatable bonds is 4. The normalized spacial score (nSPS) is 17.3. The lowest BCUT2D eigenvalue weighted by atomic mass is 10.1. The summed E-state index contributed by atoms with van der Waals surface area (Å²) in [7, 11) is 0. The van der Waals surface area contributed by atoms with Crippen LogP contribution in [0, 0.1) is 0 Å². The van der Waals surface area contributed by atoms with Gasteiger partial charge in [0.15, 0.2) is 0 Å². The molecule has 2 aromatic heterocycles. The van der Waals surface area contributed by atoms with Gasteiger partial charge in [0.2, 0.25) is 0 Å². The van der Waals surface area contributed by atoms with Crippen molar-refractivity contribution in [1.82, 2.24) is 19.4 Å². The van der Waals surface area contributed by atoms with Crippen molar-refractivity contribution in [1.29, 1.82) is 0 Å². The van der Waals surface area contributed by atoms with Crippen molar-refractivity contribution in [3.63, 3.8) is 0 Å². The molecule has 0 N–H and O–H groups in total. The van der Waals surface area contributed by atoms with Gasteiger partial charge >= 0.3 is 6.18 Å². The molecule has 0 amide bonds. The van der Waals surface area contributed by atoms with Crippen molar-refractivity contribution >= 4 is 0 Å². The van der Waals surface area contributed by atoms with Crippen LogP contribution in [0.15, 0.2) is 48.8 Å². The summed E-state index contributed by atoms with van der Waals surface area (Å²) in [5.74, 6) is 1.53. The fourth-order valence-corrected chi connectivity index (χ4v) is 3.92. The monoisotopic (exact) mass is 398 g/mol. The van der Waals surface area contributed by atoms with Gasteiger partial charge in [0.05, 0.1) is 5.56 Å². The molecule has 1 aliphatic carbocycles. The zero-order valence-electron chi connectivity index (χ0n) is 15.9. The molecular formula is C22H21F3N4. The first-order chi connectivity index (χ1) is 14.0. The second kappa shape index (κ2) is 6.99. The van der Waals surface area contributed by atoms with Gasteiger partial charge < -0.3 is 4.57 Å². The lowest BCUT2D eigenvalue weighted by Crippen LogP contribution is -2.31. The fraction of sp³-hybridized carbons (Fsp3) is 0.364. The quantitative estimate of drug-likeness (QED) is 0.638. The van der Waals surface area contributed by atoms with Gasteiger partial charge in [0.1, 0.15) is 5.82 Å². The van der Waals surface area contributed by atoms with Crippen molar-refractivity contribution < 1.29 is 13.2 Å². The van der Waals surface area contributed by atoms with Crippen molar-refractivity contribution in [3.05, 3.63) is 77.1 Å². The van der Waals surface area contributed by atoms with Gasteiger partial charge in [-0.05, 0) is 43.2 Å². The summed E-state index contributed by atoms with van der Waals surface area (Å²) in [6.45, 7) is 2.29. The average Bonchev–Trinajstić information content (AvgIpc) is 3.46. The molecular weight excluding hydrogens is 377 g/mol. The molecule has 150 valence electrons. The van der Waals surface area contributed by atoms with Crippen molar-refractivity contribution in [2.75, 3.05) is 6.54 Å². The molecule has 0 spiro atoms. The van der Waals surface area contributed by atoms with Crippen molar-refractivity contribution in [2.24, 2.45) is 0 Å². The van der Waals surface area contributed by atoms with Gasteiger partial charge in [-0.25, -0.2) is 9.97 Å². The summed E-state index contributed by atoms with van der Waals surface area (Å²) in [6, 6.07) is 9.29. The first-order valence-electron chi connectivity index (χ1n) is 9.88. The molecule has 0 saturated heterocycles. The summed E-state index contributed by atoms with van der Waals surface area (Å²) in [5, 5.41) is 0. The number of nitrogens with zero attached hydrogens (tertiary/aromatic N) is 4. The molecule has 3 aromatic rings. The first-order valence-corrected chi connectivity index (χ1v) is 9.88. The van der Waals surface area contributed by atoms with E-state index in [0.717, 1.165) is 48.4 Å². The molecule has 2 aliphatic rings. The number of halogens is 3. The van der Waals surface area contributed by atoms with E-state index >= 15 is 0 Å². The van der Waals surface area contributed by atoms with E-state index in [0.29, 0.717) is 18.2 Å². The molecule has 1 aromatic carbocycles. The van der Waals surface area contributed by atoms with Crippen LogP contribution in [0.5, 0.6) is 0 Å². The molecule has 5 rings (SSSR count). The lowest BCUT2D eigenvalue weighted by Gasteiger charge is -2.28. The zero-order valence-corrected chi connectivity index (χ0v) is 15.9. The van der Waals surface area contributed by atoms with Crippen LogP contribution in [0.1, 0.15) is 47.1 Å². The molecule has 0 atom stereocenters. The van der Waals surface area contributed by atoms with E-state index in [4.69, 9.17) is 4.98 Å². The van der Waals surface area contributed by atoms with Gasteiger partial charge in [-0.15, -0.1) is 0 Å². The third-order valence-electron chi connectivity index (χ3n) is 5.64. The van der Waals surface area contributed by atoms with E-state index in [9.17, 15) is 13.2 Å². The third kappa shape index (κ3) is 3.79. The van der Waals surface area contributed by atoms with Crippen LogP contribution in [0.25, 0.3) is 5.69 Å². The lowest BCUT2D eigenvalue weighted by molar-refractivity contribution is -0.137. The summed E-state index contributed by atoms with van der Waals surface area (Å²) in [5.41, 5.74) is 3.15. The zero-order chi connectivity index (χ0) is 20.0. The topological polar surface area (TPSA) is 34.0 Å². The van der Waals surface area contributed by atoms with Gasteiger partial charge in [-0.3, -0.25) is 4.90 Å². The molecule has 4 nitrogen and oxygen atoms in total. The number of hydrogen-bond acceptors (Lipinski definition) is 3. The Labute approximate surface area is 167 Å². The van der Waals surface area contributed by atoms with Crippen LogP contribution in [-0.2, 0) is 25.7 Å². The predicted octanol–water partition coefficient (Wildman–Crippen LogP) is 4.72. The number of alkyl halides is 3. The average molecular weight is 398 g/mol. The predicted molar refractivity (Wildman–Crippen MR) is 103 cm³/mol. The molecule has 1 aliphatic heterocycles. The highest BCUT2D eigenvalue weighted by atomic mass is 19.4. The highest BCUT2D eigenvalue weighted by Crippen LogP contribution is 2.38. The Hall–Kier alpha value is -2.67.